The van der Waals surface area contributed by atoms with Gasteiger partial charge < -0.3 is 0 Å². The second-order valence-corrected chi connectivity index (χ2v) is 4.23. The number of halogens is 1. The molecule has 0 radical (unpaired) electrons. The van der Waals surface area contributed by atoms with Crippen molar-refractivity contribution in [3.63, 3.8) is 0 Å². The van der Waals surface area contributed by atoms with E-state index in [1.807, 2.05) is 25.1 Å². The largest absolute Gasteiger partial charge is 0.549 e. The summed E-state index contributed by atoms with van der Waals surface area (Å²) >= 11 is 3.30. The molecule has 4 heteroatoms. The molecular formula is C8H9BrO2P+. The summed E-state index contributed by atoms with van der Waals surface area (Å²) < 4.78 is 17.2. The third-order valence-corrected chi connectivity index (χ3v) is 3.57. The van der Waals surface area contributed by atoms with Crippen LogP contribution in [0.5, 0.6) is 0 Å². The Balaban J connectivity index is 2.87. The lowest BCUT2D eigenvalue weighted by atomic mass is 10.4. The Kier molecular flexibility index (Phi) is 3.86. The van der Waals surface area contributed by atoms with Gasteiger partial charge >= 0.3 is 8.03 Å². The van der Waals surface area contributed by atoms with Crippen LogP contribution in [0.2, 0.25) is 0 Å². The zero-order valence-electron chi connectivity index (χ0n) is 6.66. The molecule has 0 saturated heterocycles. The van der Waals surface area contributed by atoms with E-state index in [4.69, 9.17) is 4.52 Å². The van der Waals surface area contributed by atoms with Gasteiger partial charge in [0.2, 0.25) is 5.30 Å². The topological polar surface area (TPSA) is 26.3 Å². The van der Waals surface area contributed by atoms with Crippen LogP contribution in [0.3, 0.4) is 0 Å². The maximum absolute atomic E-state index is 11.4. The van der Waals surface area contributed by atoms with Gasteiger partial charge in [-0.2, -0.15) is 0 Å². The highest BCUT2D eigenvalue weighted by molar-refractivity contribution is 9.10. The molecule has 0 amide bonds. The highest BCUT2D eigenvalue weighted by Gasteiger charge is 2.23. The van der Waals surface area contributed by atoms with Gasteiger partial charge in [-0.3, -0.25) is 0 Å². The lowest BCUT2D eigenvalue weighted by Crippen LogP contribution is -1.99. The van der Waals surface area contributed by atoms with Crippen LogP contribution < -0.4 is 5.30 Å². The first kappa shape index (κ1) is 9.85. The van der Waals surface area contributed by atoms with Crippen molar-refractivity contribution in [1.29, 1.82) is 0 Å². The first-order valence-corrected chi connectivity index (χ1v) is 5.57. The van der Waals surface area contributed by atoms with Gasteiger partial charge in [-0.05, 0) is 39.6 Å². The molecule has 0 heterocycles. The predicted octanol–water partition coefficient (Wildman–Crippen LogP) is 2.85. The Hall–Kier alpha value is -0.240. The lowest BCUT2D eigenvalue weighted by Gasteiger charge is -1.89. The van der Waals surface area contributed by atoms with Gasteiger partial charge in [0.05, 0.1) is 4.47 Å². The standard InChI is InChI=1S/C8H9BrO2P/c1-2-11-12(10)8-6-4-3-5-7(8)9/h3-6H,2H2,1H3/q+1. The van der Waals surface area contributed by atoms with E-state index < -0.39 is 8.03 Å². The predicted molar refractivity (Wildman–Crippen MR) is 53.0 cm³/mol. The molecule has 1 aromatic rings. The van der Waals surface area contributed by atoms with Crippen LogP contribution in [-0.4, -0.2) is 6.61 Å². The molecule has 0 spiro atoms. The fraction of sp³-hybridized carbons (Fsp3) is 0.250. The Morgan fingerprint density at radius 1 is 1.50 bits per heavy atom. The van der Waals surface area contributed by atoms with Gasteiger partial charge in [0.15, 0.2) is 0 Å². The van der Waals surface area contributed by atoms with Crippen LogP contribution >= 0.6 is 24.0 Å². The molecule has 2 nitrogen and oxygen atoms in total. The molecule has 12 heavy (non-hydrogen) atoms. The highest BCUT2D eigenvalue weighted by Crippen LogP contribution is 2.25. The number of hydrogen-bond donors (Lipinski definition) is 0. The van der Waals surface area contributed by atoms with Crippen LogP contribution in [-0.2, 0) is 9.09 Å². The van der Waals surface area contributed by atoms with Crippen LogP contribution in [0.25, 0.3) is 0 Å². The molecule has 1 unspecified atom stereocenters. The van der Waals surface area contributed by atoms with E-state index in [0.29, 0.717) is 11.9 Å². The molecule has 1 atom stereocenters. The summed E-state index contributed by atoms with van der Waals surface area (Å²) in [7, 11) is -1.69. The highest BCUT2D eigenvalue weighted by atomic mass is 79.9. The average Bonchev–Trinajstić information content (AvgIpc) is 2.05. The summed E-state index contributed by atoms with van der Waals surface area (Å²) in [5.41, 5.74) is 0. The molecule has 0 aliphatic carbocycles. The van der Waals surface area contributed by atoms with Crippen molar-refractivity contribution >= 4 is 29.3 Å². The van der Waals surface area contributed by atoms with Gasteiger partial charge in [-0.25, -0.2) is 0 Å². The Labute approximate surface area is 80.9 Å². The molecule has 0 aromatic heterocycles. The average molecular weight is 248 g/mol. The van der Waals surface area contributed by atoms with Crippen molar-refractivity contribution in [2.24, 2.45) is 0 Å². The molecule has 1 rings (SSSR count). The molecule has 1 aromatic carbocycles. The minimum atomic E-state index is -1.69. The zero-order valence-corrected chi connectivity index (χ0v) is 9.14. The Morgan fingerprint density at radius 2 is 2.17 bits per heavy atom. The fourth-order valence-electron chi connectivity index (χ4n) is 0.787. The zero-order chi connectivity index (χ0) is 8.97. The summed E-state index contributed by atoms with van der Waals surface area (Å²) in [5, 5.41) is 0.717. The molecule has 0 aliphatic heterocycles. The smallest absolute Gasteiger partial charge is 0.142 e. The van der Waals surface area contributed by atoms with E-state index >= 15 is 0 Å². The van der Waals surface area contributed by atoms with Gasteiger partial charge in [0.1, 0.15) is 6.61 Å². The molecule has 0 N–H and O–H groups in total. The van der Waals surface area contributed by atoms with E-state index in [1.165, 1.54) is 0 Å². The van der Waals surface area contributed by atoms with Crippen LogP contribution in [0.1, 0.15) is 6.92 Å². The van der Waals surface area contributed by atoms with E-state index in [0.717, 1.165) is 4.47 Å². The first-order chi connectivity index (χ1) is 5.75. The first-order valence-electron chi connectivity index (χ1n) is 3.60. The SMILES string of the molecule is CCO[P+](=O)c1ccccc1Br. The minimum absolute atomic E-state index is 0.469. The van der Waals surface area contributed by atoms with E-state index in [9.17, 15) is 4.57 Å². The molecule has 0 fully saturated rings. The normalized spacial score (nSPS) is 11.3. The van der Waals surface area contributed by atoms with Crippen LogP contribution in [0.4, 0.5) is 0 Å². The fourth-order valence-corrected chi connectivity index (χ4v) is 2.34. The molecule has 64 valence electrons. The van der Waals surface area contributed by atoms with Crippen molar-refractivity contribution in [1.82, 2.24) is 0 Å². The minimum Gasteiger partial charge on any atom is -0.142 e. The number of rotatable bonds is 3. The Morgan fingerprint density at radius 3 is 2.75 bits per heavy atom. The van der Waals surface area contributed by atoms with Crippen molar-refractivity contribution in [2.75, 3.05) is 6.61 Å². The van der Waals surface area contributed by atoms with Crippen molar-refractivity contribution in [3.05, 3.63) is 28.7 Å². The van der Waals surface area contributed by atoms with Gasteiger partial charge in [-0.1, -0.05) is 12.1 Å². The third-order valence-electron chi connectivity index (χ3n) is 1.30. The van der Waals surface area contributed by atoms with E-state index in [-0.39, 0.29) is 0 Å². The summed E-state index contributed by atoms with van der Waals surface area (Å²) in [5.74, 6) is 0. The number of benzene rings is 1. The summed E-state index contributed by atoms with van der Waals surface area (Å²) in [6, 6.07) is 7.36. The quantitative estimate of drug-likeness (QED) is 0.768. The maximum atomic E-state index is 11.4. The third kappa shape index (κ3) is 2.37. The summed E-state index contributed by atoms with van der Waals surface area (Å²) in [6.45, 7) is 2.29. The van der Waals surface area contributed by atoms with Crippen LogP contribution in [0.15, 0.2) is 28.7 Å². The van der Waals surface area contributed by atoms with Crippen molar-refractivity contribution in [2.45, 2.75) is 6.92 Å². The van der Waals surface area contributed by atoms with Gasteiger partial charge in [0.25, 0.3) is 0 Å². The van der Waals surface area contributed by atoms with Crippen molar-refractivity contribution < 1.29 is 9.09 Å². The van der Waals surface area contributed by atoms with E-state index in [1.54, 1.807) is 6.07 Å². The maximum Gasteiger partial charge on any atom is 0.549 e. The molecule has 0 bridgehead atoms. The summed E-state index contributed by atoms with van der Waals surface area (Å²) in [4.78, 5) is 0. The monoisotopic (exact) mass is 247 g/mol. The second kappa shape index (κ2) is 4.70. The molecular weight excluding hydrogens is 239 g/mol. The van der Waals surface area contributed by atoms with Gasteiger partial charge in [-0.15, -0.1) is 4.52 Å². The van der Waals surface area contributed by atoms with E-state index in [2.05, 4.69) is 15.9 Å². The van der Waals surface area contributed by atoms with Crippen molar-refractivity contribution in [3.8, 4) is 0 Å². The second-order valence-electron chi connectivity index (χ2n) is 2.13. The van der Waals surface area contributed by atoms with Crippen LogP contribution in [0, 0.1) is 0 Å². The molecule has 0 saturated carbocycles. The lowest BCUT2D eigenvalue weighted by molar-refractivity contribution is 0.357. The summed E-state index contributed by atoms with van der Waals surface area (Å²) in [6.07, 6.45) is 0. The van der Waals surface area contributed by atoms with Gasteiger partial charge in [0, 0.05) is 0 Å². The number of hydrogen-bond acceptors (Lipinski definition) is 2. The molecule has 0 aliphatic rings. The Bertz CT molecular complexity index is 288.